The van der Waals surface area contributed by atoms with Crippen LogP contribution in [0.15, 0.2) is 41.4 Å². The predicted octanol–water partition coefficient (Wildman–Crippen LogP) is 0.956. The molecule has 0 fully saturated rings. The predicted molar refractivity (Wildman–Crippen MR) is 69.4 cm³/mol. The lowest BCUT2D eigenvalue weighted by Gasteiger charge is -2.33. The van der Waals surface area contributed by atoms with Crippen molar-refractivity contribution < 1.29 is 4.79 Å². The van der Waals surface area contributed by atoms with Gasteiger partial charge in [0.15, 0.2) is 5.50 Å². The van der Waals surface area contributed by atoms with Gasteiger partial charge < -0.3 is 0 Å². The maximum atomic E-state index is 12.1. The Balaban J connectivity index is 1.81. The maximum Gasteiger partial charge on any atom is 0.254 e. The molecule has 0 spiro atoms. The number of hydrogen-bond donors (Lipinski definition) is 1. The summed E-state index contributed by atoms with van der Waals surface area (Å²) in [4.78, 5) is 16.7. The smallest absolute Gasteiger partial charge is 0.254 e. The van der Waals surface area contributed by atoms with Crippen molar-refractivity contribution >= 4 is 29.3 Å². The van der Waals surface area contributed by atoms with E-state index in [2.05, 4.69) is 20.6 Å². The molecule has 1 aromatic heterocycles. The van der Waals surface area contributed by atoms with Gasteiger partial charge in [-0.3, -0.25) is 14.6 Å². The fourth-order valence-electron chi connectivity index (χ4n) is 2.19. The number of hydrogen-bond acceptors (Lipinski definition) is 6. The van der Waals surface area contributed by atoms with E-state index in [-0.39, 0.29) is 11.4 Å². The Morgan fingerprint density at radius 1 is 1.32 bits per heavy atom. The van der Waals surface area contributed by atoms with E-state index in [9.17, 15) is 4.79 Å². The van der Waals surface area contributed by atoms with E-state index in [1.54, 1.807) is 22.9 Å². The largest absolute Gasteiger partial charge is 0.285 e. The third kappa shape index (κ3) is 1.46. The lowest BCUT2D eigenvalue weighted by molar-refractivity contribution is -0.114. The molecule has 1 amide bonds. The minimum atomic E-state index is -0.190. The second kappa shape index (κ2) is 3.82. The number of rotatable bonds is 1. The standard InChI is InChI=1S/C11H8N6OS/c18-9-5-6-16(10-12-14-15-13-10)11-17(9)7-3-1-2-4-8(7)19-11/h1-6,11H,(H,12,13,14,15). The Morgan fingerprint density at radius 3 is 3.05 bits per heavy atom. The summed E-state index contributed by atoms with van der Waals surface area (Å²) in [6.07, 6.45) is 3.21. The molecule has 7 nitrogen and oxygen atoms in total. The molecule has 0 saturated heterocycles. The first kappa shape index (κ1) is 10.6. The van der Waals surface area contributed by atoms with Crippen molar-refractivity contribution in [3.63, 3.8) is 0 Å². The van der Waals surface area contributed by atoms with Crippen LogP contribution in [-0.2, 0) is 4.79 Å². The molecule has 2 aliphatic heterocycles. The highest BCUT2D eigenvalue weighted by Gasteiger charge is 2.40. The molecule has 94 valence electrons. The van der Waals surface area contributed by atoms with Gasteiger partial charge in [-0.1, -0.05) is 29.0 Å². The van der Waals surface area contributed by atoms with Crippen LogP contribution >= 0.6 is 11.8 Å². The number of anilines is 2. The van der Waals surface area contributed by atoms with Crippen molar-refractivity contribution in [1.82, 2.24) is 20.6 Å². The Morgan fingerprint density at radius 2 is 2.21 bits per heavy atom. The lowest BCUT2D eigenvalue weighted by Crippen LogP contribution is -2.48. The van der Waals surface area contributed by atoms with E-state index in [0.717, 1.165) is 10.6 Å². The third-order valence-corrected chi connectivity index (χ3v) is 4.26. The number of nitrogens with one attached hydrogen (secondary N) is 1. The molecule has 2 aliphatic rings. The normalized spacial score (nSPS) is 20.6. The second-order valence-electron chi connectivity index (χ2n) is 4.07. The molecule has 2 aromatic rings. The molecule has 8 heteroatoms. The van der Waals surface area contributed by atoms with Gasteiger partial charge >= 0.3 is 0 Å². The van der Waals surface area contributed by atoms with Crippen molar-refractivity contribution in [2.45, 2.75) is 10.4 Å². The Bertz CT molecular complexity index is 670. The van der Waals surface area contributed by atoms with Gasteiger partial charge in [0.2, 0.25) is 5.95 Å². The van der Waals surface area contributed by atoms with Crippen LogP contribution in [0.25, 0.3) is 0 Å². The molecule has 19 heavy (non-hydrogen) atoms. The van der Waals surface area contributed by atoms with Crippen LogP contribution in [0.2, 0.25) is 0 Å². The number of amides is 1. The number of nitrogens with zero attached hydrogens (tertiary/aromatic N) is 5. The summed E-state index contributed by atoms with van der Waals surface area (Å²) < 4.78 is 0. The van der Waals surface area contributed by atoms with E-state index in [0.29, 0.717) is 5.95 Å². The second-order valence-corrected chi connectivity index (χ2v) is 5.17. The minimum absolute atomic E-state index is 0.0359. The van der Waals surface area contributed by atoms with E-state index in [1.807, 2.05) is 29.2 Å². The summed E-state index contributed by atoms with van der Waals surface area (Å²) in [5.74, 6) is 0.477. The summed E-state index contributed by atoms with van der Waals surface area (Å²) >= 11 is 1.59. The zero-order valence-electron chi connectivity index (χ0n) is 9.59. The zero-order chi connectivity index (χ0) is 12.8. The van der Waals surface area contributed by atoms with Crippen LogP contribution in [0, 0.1) is 0 Å². The number of carbonyl (C=O) groups excluding carboxylic acids is 1. The molecular weight excluding hydrogens is 264 g/mol. The van der Waals surface area contributed by atoms with Crippen molar-refractivity contribution in [3.05, 3.63) is 36.5 Å². The maximum absolute atomic E-state index is 12.1. The van der Waals surface area contributed by atoms with Crippen LogP contribution in [0.5, 0.6) is 0 Å². The molecule has 0 radical (unpaired) electrons. The first-order chi connectivity index (χ1) is 9.34. The fraction of sp³-hybridized carbons (Fsp3) is 0.0909. The highest BCUT2D eigenvalue weighted by Crippen LogP contribution is 2.46. The van der Waals surface area contributed by atoms with Gasteiger partial charge in [0, 0.05) is 17.2 Å². The van der Waals surface area contributed by atoms with Gasteiger partial charge in [-0.2, -0.15) is 0 Å². The van der Waals surface area contributed by atoms with Crippen molar-refractivity contribution in [2.75, 3.05) is 9.80 Å². The van der Waals surface area contributed by atoms with Gasteiger partial charge in [0.1, 0.15) is 0 Å². The number of carbonyl (C=O) groups is 1. The quantitative estimate of drug-likeness (QED) is 0.833. The number of tetrazole rings is 1. The van der Waals surface area contributed by atoms with E-state index < -0.39 is 0 Å². The SMILES string of the molecule is O=C1C=CN(c2nnn[nH]2)C2Sc3ccccc3N12. The van der Waals surface area contributed by atoms with E-state index >= 15 is 0 Å². The van der Waals surface area contributed by atoms with Gasteiger partial charge in [-0.25, -0.2) is 5.10 Å². The van der Waals surface area contributed by atoms with Gasteiger partial charge in [-0.15, -0.1) is 0 Å². The summed E-state index contributed by atoms with van der Waals surface area (Å²) in [6, 6.07) is 7.83. The van der Waals surface area contributed by atoms with Gasteiger partial charge in [0.25, 0.3) is 5.91 Å². The summed E-state index contributed by atoms with van der Waals surface area (Å²) in [5.41, 5.74) is 0.731. The Hall–Kier alpha value is -2.35. The van der Waals surface area contributed by atoms with E-state index in [4.69, 9.17) is 0 Å². The van der Waals surface area contributed by atoms with Crippen molar-refractivity contribution in [1.29, 1.82) is 0 Å². The number of aromatic amines is 1. The highest BCUT2D eigenvalue weighted by atomic mass is 32.2. The number of benzene rings is 1. The number of H-pyrrole nitrogens is 1. The van der Waals surface area contributed by atoms with Gasteiger partial charge in [0.05, 0.1) is 5.69 Å². The minimum Gasteiger partial charge on any atom is -0.285 e. The number of thioether (sulfide) groups is 1. The Kier molecular flexibility index (Phi) is 2.12. The average molecular weight is 272 g/mol. The molecule has 1 atom stereocenters. The molecule has 0 bridgehead atoms. The average Bonchev–Trinajstić information content (AvgIpc) is 3.06. The van der Waals surface area contributed by atoms with E-state index in [1.165, 1.54) is 6.08 Å². The first-order valence-electron chi connectivity index (χ1n) is 5.64. The summed E-state index contributed by atoms with van der Waals surface area (Å²) in [6.45, 7) is 0. The van der Waals surface area contributed by atoms with Crippen LogP contribution in [0.4, 0.5) is 11.6 Å². The lowest BCUT2D eigenvalue weighted by atomic mass is 10.2. The third-order valence-electron chi connectivity index (χ3n) is 3.01. The van der Waals surface area contributed by atoms with Crippen LogP contribution < -0.4 is 9.80 Å². The fourth-order valence-corrected chi connectivity index (χ4v) is 3.46. The Labute approximate surface area is 112 Å². The number of para-hydroxylation sites is 1. The molecule has 1 N–H and O–H groups in total. The van der Waals surface area contributed by atoms with Crippen LogP contribution in [-0.4, -0.2) is 32.0 Å². The number of fused-ring (bicyclic) bond motifs is 3. The highest BCUT2D eigenvalue weighted by molar-refractivity contribution is 8.00. The molecule has 0 saturated carbocycles. The topological polar surface area (TPSA) is 78.0 Å². The molecule has 0 aliphatic carbocycles. The summed E-state index contributed by atoms with van der Waals surface area (Å²) in [5, 5.41) is 13.7. The van der Waals surface area contributed by atoms with Crippen LogP contribution in [0.1, 0.15) is 0 Å². The van der Waals surface area contributed by atoms with Crippen molar-refractivity contribution in [3.8, 4) is 0 Å². The molecule has 4 rings (SSSR count). The van der Waals surface area contributed by atoms with Crippen molar-refractivity contribution in [2.24, 2.45) is 0 Å². The molecule has 1 aromatic carbocycles. The van der Waals surface area contributed by atoms with Crippen LogP contribution in [0.3, 0.4) is 0 Å². The first-order valence-corrected chi connectivity index (χ1v) is 6.52. The summed E-state index contributed by atoms with van der Waals surface area (Å²) in [7, 11) is 0. The molecule has 3 heterocycles. The zero-order valence-corrected chi connectivity index (χ0v) is 10.4. The molecule has 1 unspecified atom stereocenters. The number of aromatic nitrogens is 4. The monoisotopic (exact) mass is 272 g/mol. The van der Waals surface area contributed by atoms with Gasteiger partial charge in [-0.05, 0) is 22.6 Å². The molecular formula is C11H8N6OS.